The van der Waals surface area contributed by atoms with Crippen LogP contribution >= 0.6 is 0 Å². The monoisotopic (exact) mass is 259 g/mol. The summed E-state index contributed by atoms with van der Waals surface area (Å²) in [4.78, 5) is 4.77. The molecule has 102 valence electrons. The Morgan fingerprint density at radius 3 is 2.79 bits per heavy atom. The van der Waals surface area contributed by atoms with Crippen LogP contribution in [0.5, 0.6) is 0 Å². The van der Waals surface area contributed by atoms with Gasteiger partial charge >= 0.3 is 0 Å². The second-order valence-electron chi connectivity index (χ2n) is 5.15. The highest BCUT2D eigenvalue weighted by Crippen LogP contribution is 2.26. The molecular weight excluding hydrogens is 238 g/mol. The first kappa shape index (κ1) is 13.8. The predicted octanol–water partition coefficient (Wildman–Crippen LogP) is 2.87. The van der Waals surface area contributed by atoms with Crippen LogP contribution in [0.15, 0.2) is 24.3 Å². The Hall–Kier alpha value is -1.65. The van der Waals surface area contributed by atoms with Gasteiger partial charge in [-0.3, -0.25) is 10.8 Å². The zero-order chi connectivity index (χ0) is 13.8. The number of pyridine rings is 1. The first-order chi connectivity index (χ1) is 9.15. The maximum Gasteiger partial charge on any atom is 0.0781 e. The van der Waals surface area contributed by atoms with Crippen molar-refractivity contribution in [1.82, 2.24) is 4.98 Å². The second-order valence-corrected chi connectivity index (χ2v) is 5.15. The molecule has 0 amide bonds. The maximum absolute atomic E-state index is 5.63. The number of nitrogen functional groups attached to an aromatic ring is 1. The summed E-state index contributed by atoms with van der Waals surface area (Å²) in [7, 11) is 1.69. The third kappa shape index (κ3) is 3.03. The number of nitrogens with two attached hydrogens (primary N) is 1. The number of hydrogen-bond acceptors (Lipinski definition) is 4. The molecule has 0 atom stereocenters. The minimum Gasteiger partial charge on any atom is -0.380 e. The molecule has 0 saturated carbocycles. The fraction of sp³-hybridized carbons (Fsp3) is 0.400. The van der Waals surface area contributed by atoms with Crippen LogP contribution in [0, 0.1) is 5.92 Å². The van der Waals surface area contributed by atoms with E-state index in [0.29, 0.717) is 12.5 Å². The Morgan fingerprint density at radius 2 is 2.16 bits per heavy atom. The summed E-state index contributed by atoms with van der Waals surface area (Å²) in [5, 5.41) is 1.03. The standard InChI is InChI=1S/C15H21N3O/c1-10(2)7-12-8-14(18-16)13-6-4-5-11(9-19-3)15(13)17-12/h4-6,8,10H,7,9,16H2,1-3H3,(H,17,18). The van der Waals surface area contributed by atoms with Gasteiger partial charge in [-0.05, 0) is 18.4 Å². The Kier molecular flexibility index (Phi) is 4.35. The minimum atomic E-state index is 0.555. The Bertz CT molecular complexity index is 567. The zero-order valence-corrected chi connectivity index (χ0v) is 11.7. The molecule has 0 bridgehead atoms. The Balaban J connectivity index is 2.60. The van der Waals surface area contributed by atoms with Crippen molar-refractivity contribution < 1.29 is 4.74 Å². The van der Waals surface area contributed by atoms with Gasteiger partial charge in [-0.2, -0.15) is 0 Å². The van der Waals surface area contributed by atoms with E-state index in [1.54, 1.807) is 7.11 Å². The van der Waals surface area contributed by atoms with E-state index >= 15 is 0 Å². The van der Waals surface area contributed by atoms with Crippen molar-refractivity contribution in [1.29, 1.82) is 0 Å². The molecule has 2 aromatic rings. The number of ether oxygens (including phenoxy) is 1. The van der Waals surface area contributed by atoms with Crippen molar-refractivity contribution in [2.75, 3.05) is 12.5 Å². The molecule has 19 heavy (non-hydrogen) atoms. The number of hydrazine groups is 1. The number of nitrogens with zero attached hydrogens (tertiary/aromatic N) is 1. The summed E-state index contributed by atoms with van der Waals surface area (Å²) < 4.78 is 5.24. The second kappa shape index (κ2) is 5.99. The lowest BCUT2D eigenvalue weighted by Crippen LogP contribution is -2.09. The van der Waals surface area contributed by atoms with Crippen molar-refractivity contribution in [3.05, 3.63) is 35.5 Å². The highest BCUT2D eigenvalue weighted by Gasteiger charge is 2.09. The van der Waals surface area contributed by atoms with Gasteiger partial charge in [-0.1, -0.05) is 32.0 Å². The first-order valence-corrected chi connectivity index (χ1v) is 6.52. The molecule has 0 aliphatic heterocycles. The van der Waals surface area contributed by atoms with Gasteiger partial charge < -0.3 is 10.2 Å². The van der Waals surface area contributed by atoms with E-state index in [1.165, 1.54) is 0 Å². The molecule has 0 aliphatic carbocycles. The molecule has 2 rings (SSSR count). The van der Waals surface area contributed by atoms with Crippen LogP contribution in [0.2, 0.25) is 0 Å². The van der Waals surface area contributed by atoms with E-state index in [0.717, 1.165) is 34.3 Å². The minimum absolute atomic E-state index is 0.555. The van der Waals surface area contributed by atoms with Gasteiger partial charge in [0.25, 0.3) is 0 Å². The van der Waals surface area contributed by atoms with Crippen LogP contribution in [-0.2, 0) is 17.8 Å². The lowest BCUT2D eigenvalue weighted by atomic mass is 10.0. The van der Waals surface area contributed by atoms with Crippen LogP contribution in [-0.4, -0.2) is 12.1 Å². The van der Waals surface area contributed by atoms with Crippen molar-refractivity contribution in [2.45, 2.75) is 26.9 Å². The zero-order valence-electron chi connectivity index (χ0n) is 11.7. The molecule has 1 aromatic carbocycles. The van der Waals surface area contributed by atoms with Gasteiger partial charge in [0.05, 0.1) is 17.8 Å². The summed E-state index contributed by atoms with van der Waals surface area (Å²) in [6, 6.07) is 8.09. The third-order valence-corrected chi connectivity index (χ3v) is 3.05. The summed E-state index contributed by atoms with van der Waals surface area (Å²) in [6.07, 6.45) is 0.936. The molecule has 0 spiro atoms. The highest BCUT2D eigenvalue weighted by atomic mass is 16.5. The average molecular weight is 259 g/mol. The fourth-order valence-corrected chi connectivity index (χ4v) is 2.28. The van der Waals surface area contributed by atoms with Crippen molar-refractivity contribution in [3.63, 3.8) is 0 Å². The van der Waals surface area contributed by atoms with Gasteiger partial charge in [0.2, 0.25) is 0 Å². The number of hydrogen-bond donors (Lipinski definition) is 2. The number of benzene rings is 1. The average Bonchev–Trinajstić information content (AvgIpc) is 2.38. The number of aromatic nitrogens is 1. The van der Waals surface area contributed by atoms with E-state index in [-0.39, 0.29) is 0 Å². The first-order valence-electron chi connectivity index (χ1n) is 6.52. The van der Waals surface area contributed by atoms with Crippen LogP contribution in [0.4, 0.5) is 5.69 Å². The van der Waals surface area contributed by atoms with Gasteiger partial charge in [0, 0.05) is 23.8 Å². The van der Waals surface area contributed by atoms with Crippen LogP contribution < -0.4 is 11.3 Å². The van der Waals surface area contributed by atoms with Crippen LogP contribution in [0.1, 0.15) is 25.1 Å². The van der Waals surface area contributed by atoms with Gasteiger partial charge in [-0.15, -0.1) is 0 Å². The molecule has 4 heteroatoms. The Labute approximate surface area is 113 Å². The normalized spacial score (nSPS) is 11.2. The smallest absolute Gasteiger partial charge is 0.0781 e. The molecule has 0 radical (unpaired) electrons. The maximum atomic E-state index is 5.63. The summed E-state index contributed by atoms with van der Waals surface area (Å²) in [5.41, 5.74) is 6.80. The van der Waals surface area contributed by atoms with E-state index in [9.17, 15) is 0 Å². The molecule has 0 fully saturated rings. The number of fused-ring (bicyclic) bond motifs is 1. The highest BCUT2D eigenvalue weighted by molar-refractivity contribution is 5.93. The van der Waals surface area contributed by atoms with Crippen LogP contribution in [0.25, 0.3) is 10.9 Å². The number of methoxy groups -OCH3 is 1. The molecule has 0 unspecified atom stereocenters. The van der Waals surface area contributed by atoms with Gasteiger partial charge in [0.15, 0.2) is 0 Å². The van der Waals surface area contributed by atoms with Gasteiger partial charge in [-0.25, -0.2) is 0 Å². The molecule has 3 N–H and O–H groups in total. The van der Waals surface area contributed by atoms with Crippen molar-refractivity contribution >= 4 is 16.6 Å². The molecule has 1 heterocycles. The Morgan fingerprint density at radius 1 is 1.37 bits per heavy atom. The van der Waals surface area contributed by atoms with E-state index in [2.05, 4.69) is 19.3 Å². The van der Waals surface area contributed by atoms with Crippen molar-refractivity contribution in [2.24, 2.45) is 11.8 Å². The van der Waals surface area contributed by atoms with Gasteiger partial charge in [0.1, 0.15) is 0 Å². The predicted molar refractivity (Wildman–Crippen MR) is 78.8 cm³/mol. The third-order valence-electron chi connectivity index (χ3n) is 3.05. The number of para-hydroxylation sites is 1. The number of anilines is 1. The molecule has 1 aromatic heterocycles. The SMILES string of the molecule is COCc1cccc2c(NN)cc(CC(C)C)nc12. The summed E-state index contributed by atoms with van der Waals surface area (Å²) >= 11 is 0. The quantitative estimate of drug-likeness (QED) is 0.640. The lowest BCUT2D eigenvalue weighted by molar-refractivity contribution is 0.186. The number of rotatable bonds is 5. The molecule has 0 saturated heterocycles. The fourth-order valence-electron chi connectivity index (χ4n) is 2.28. The summed E-state index contributed by atoms with van der Waals surface area (Å²) in [6.45, 7) is 4.92. The van der Waals surface area contributed by atoms with Crippen molar-refractivity contribution in [3.8, 4) is 0 Å². The van der Waals surface area contributed by atoms with E-state index in [4.69, 9.17) is 15.6 Å². The summed E-state index contributed by atoms with van der Waals surface area (Å²) in [5.74, 6) is 6.19. The largest absolute Gasteiger partial charge is 0.380 e. The molecule has 0 aliphatic rings. The lowest BCUT2D eigenvalue weighted by Gasteiger charge is -2.13. The van der Waals surface area contributed by atoms with E-state index < -0.39 is 0 Å². The van der Waals surface area contributed by atoms with Crippen LogP contribution in [0.3, 0.4) is 0 Å². The number of nitrogens with one attached hydrogen (secondary N) is 1. The van der Waals surface area contributed by atoms with E-state index in [1.807, 2.05) is 24.3 Å². The molecule has 4 nitrogen and oxygen atoms in total. The molecular formula is C15H21N3O. The topological polar surface area (TPSA) is 60.2 Å².